The number of carbonyl (C=O) groups excluding carboxylic acids is 2. The second-order valence-electron chi connectivity index (χ2n) is 7.86. The molecule has 3 rings (SSSR count). The number of unbranched alkanes of at least 4 members (excludes halogenated alkanes) is 1. The number of hydrogen-bond donors (Lipinski definition) is 0. The lowest BCUT2D eigenvalue weighted by atomic mass is 10.0. The summed E-state index contributed by atoms with van der Waals surface area (Å²) in [7, 11) is 2.53. The van der Waals surface area contributed by atoms with Gasteiger partial charge in [-0.2, -0.15) is 13.2 Å². The summed E-state index contributed by atoms with van der Waals surface area (Å²) < 4.78 is 49.7. The third kappa shape index (κ3) is 6.62. The van der Waals surface area contributed by atoms with Gasteiger partial charge in [-0.05, 0) is 60.2 Å². The minimum absolute atomic E-state index is 0.198. The molecule has 0 aliphatic carbocycles. The predicted molar refractivity (Wildman–Crippen MR) is 127 cm³/mol. The molecule has 5 nitrogen and oxygen atoms in total. The zero-order chi connectivity index (χ0) is 25.4. The van der Waals surface area contributed by atoms with E-state index in [4.69, 9.17) is 4.74 Å². The van der Waals surface area contributed by atoms with Gasteiger partial charge in [0.25, 0.3) is 0 Å². The highest BCUT2D eigenvalue weighted by atomic mass is 19.4. The fourth-order valence-electron chi connectivity index (χ4n) is 3.73. The summed E-state index contributed by atoms with van der Waals surface area (Å²) in [4.78, 5) is 26.3. The van der Waals surface area contributed by atoms with E-state index >= 15 is 0 Å². The molecular formula is C27H26F3NO4. The summed E-state index contributed by atoms with van der Waals surface area (Å²) in [5.41, 5.74) is 1.41. The maximum Gasteiger partial charge on any atom is 0.416 e. The molecule has 0 radical (unpaired) electrons. The number of hydrogen-bond acceptors (Lipinski definition) is 4. The van der Waals surface area contributed by atoms with Gasteiger partial charge in [0.1, 0.15) is 5.75 Å². The number of methoxy groups -OCH3 is 2. The van der Waals surface area contributed by atoms with Crippen molar-refractivity contribution in [2.75, 3.05) is 25.7 Å². The molecular weight excluding hydrogens is 459 g/mol. The van der Waals surface area contributed by atoms with Gasteiger partial charge < -0.3 is 9.47 Å². The first kappa shape index (κ1) is 25.8. The summed E-state index contributed by atoms with van der Waals surface area (Å²) in [6.07, 6.45) is -2.36. The van der Waals surface area contributed by atoms with E-state index in [1.807, 2.05) is 30.3 Å². The van der Waals surface area contributed by atoms with Crippen LogP contribution >= 0.6 is 0 Å². The second kappa shape index (κ2) is 11.6. The molecule has 0 saturated carbocycles. The number of halogens is 3. The van der Waals surface area contributed by atoms with Crippen molar-refractivity contribution in [1.82, 2.24) is 0 Å². The van der Waals surface area contributed by atoms with Crippen molar-refractivity contribution in [2.24, 2.45) is 0 Å². The molecule has 3 aromatic carbocycles. The number of ether oxygens (including phenoxy) is 2. The van der Waals surface area contributed by atoms with Gasteiger partial charge in [-0.15, -0.1) is 0 Å². The van der Waals surface area contributed by atoms with E-state index in [0.29, 0.717) is 23.3 Å². The van der Waals surface area contributed by atoms with Crippen LogP contribution in [0.2, 0.25) is 0 Å². The molecule has 0 spiro atoms. The lowest BCUT2D eigenvalue weighted by Crippen LogP contribution is -2.38. The Hall–Kier alpha value is -3.81. The molecule has 0 saturated heterocycles. The Morgan fingerprint density at radius 3 is 2.23 bits per heavy atom. The monoisotopic (exact) mass is 485 g/mol. The summed E-state index contributed by atoms with van der Waals surface area (Å²) in [5.74, 6) is -1.62. The van der Waals surface area contributed by atoms with Crippen LogP contribution in [0.25, 0.3) is 11.1 Å². The van der Waals surface area contributed by atoms with Gasteiger partial charge in [-0.3, -0.25) is 9.69 Å². The standard InChI is InChI=1S/C27H26F3NO4/c1-34-24-15-14-21(20-12-8-13-22(17-20)27(28,29)30)18-23(24)31(25(32)26(33)35-2)16-7-6-11-19-9-4-3-5-10-19/h3-5,8-10,12-15,17-18H,6-7,11,16H2,1-2H3. The molecule has 0 atom stereocenters. The van der Waals surface area contributed by atoms with Gasteiger partial charge in [0.15, 0.2) is 0 Å². The van der Waals surface area contributed by atoms with Crippen LogP contribution in [0.1, 0.15) is 24.0 Å². The average molecular weight is 486 g/mol. The minimum atomic E-state index is -4.49. The van der Waals surface area contributed by atoms with Crippen molar-refractivity contribution in [2.45, 2.75) is 25.4 Å². The Labute approximate surface area is 202 Å². The molecule has 3 aromatic rings. The van der Waals surface area contributed by atoms with Gasteiger partial charge in [0, 0.05) is 6.54 Å². The molecule has 8 heteroatoms. The highest BCUT2D eigenvalue weighted by molar-refractivity contribution is 6.38. The van der Waals surface area contributed by atoms with Gasteiger partial charge in [0.2, 0.25) is 0 Å². The van der Waals surface area contributed by atoms with Gasteiger partial charge >= 0.3 is 18.1 Å². The number of amides is 1. The van der Waals surface area contributed by atoms with E-state index in [1.54, 1.807) is 24.3 Å². The average Bonchev–Trinajstić information content (AvgIpc) is 2.87. The molecule has 0 fully saturated rings. The highest BCUT2D eigenvalue weighted by Crippen LogP contribution is 2.36. The predicted octanol–water partition coefficient (Wildman–Crippen LogP) is 5.91. The van der Waals surface area contributed by atoms with Crippen molar-refractivity contribution < 1.29 is 32.2 Å². The van der Waals surface area contributed by atoms with Gasteiger partial charge in [0.05, 0.1) is 25.5 Å². The lowest BCUT2D eigenvalue weighted by Gasteiger charge is -2.24. The van der Waals surface area contributed by atoms with Gasteiger partial charge in [-0.25, -0.2) is 4.79 Å². The fourth-order valence-corrected chi connectivity index (χ4v) is 3.73. The molecule has 0 aliphatic heterocycles. The van der Waals surface area contributed by atoms with Crippen LogP contribution in [0.15, 0.2) is 72.8 Å². The topological polar surface area (TPSA) is 55.8 Å². The first-order valence-electron chi connectivity index (χ1n) is 11.0. The summed E-state index contributed by atoms with van der Waals surface area (Å²) in [5, 5.41) is 0. The number of esters is 1. The number of anilines is 1. The first-order chi connectivity index (χ1) is 16.7. The molecule has 0 bridgehead atoms. The normalized spacial score (nSPS) is 11.1. The summed E-state index contributed by atoms with van der Waals surface area (Å²) >= 11 is 0. The molecule has 0 aromatic heterocycles. The summed E-state index contributed by atoms with van der Waals surface area (Å²) in [6, 6.07) is 19.5. The van der Waals surface area contributed by atoms with Crippen LogP contribution in [0, 0.1) is 0 Å². The Morgan fingerprint density at radius 2 is 1.57 bits per heavy atom. The molecule has 0 aliphatic rings. The van der Waals surface area contributed by atoms with Crippen molar-refractivity contribution in [3.63, 3.8) is 0 Å². The third-order valence-corrected chi connectivity index (χ3v) is 5.54. The number of aryl methyl sites for hydroxylation is 1. The highest BCUT2D eigenvalue weighted by Gasteiger charge is 2.31. The van der Waals surface area contributed by atoms with Crippen LogP contribution in [0.4, 0.5) is 18.9 Å². The Kier molecular flexibility index (Phi) is 8.52. The van der Waals surface area contributed by atoms with Crippen molar-refractivity contribution in [1.29, 1.82) is 0 Å². The lowest BCUT2D eigenvalue weighted by molar-refractivity contribution is -0.151. The minimum Gasteiger partial charge on any atom is -0.495 e. The van der Waals surface area contributed by atoms with Crippen molar-refractivity contribution in [3.05, 3.63) is 83.9 Å². The SMILES string of the molecule is COC(=O)C(=O)N(CCCCc1ccccc1)c1cc(-c2cccc(C(F)(F)F)c2)ccc1OC. The quantitative estimate of drug-likeness (QED) is 0.226. The molecule has 0 N–H and O–H groups in total. The molecule has 184 valence electrons. The number of alkyl halides is 3. The maximum absolute atomic E-state index is 13.2. The van der Waals surface area contributed by atoms with E-state index in [1.165, 1.54) is 18.1 Å². The van der Waals surface area contributed by atoms with E-state index < -0.39 is 23.6 Å². The molecule has 0 unspecified atom stereocenters. The first-order valence-corrected chi connectivity index (χ1v) is 11.0. The van der Waals surface area contributed by atoms with E-state index in [0.717, 1.165) is 37.6 Å². The van der Waals surface area contributed by atoms with Crippen molar-refractivity contribution >= 4 is 17.6 Å². The Morgan fingerprint density at radius 1 is 0.857 bits per heavy atom. The van der Waals surface area contributed by atoms with Crippen LogP contribution in [-0.4, -0.2) is 32.6 Å². The number of carbonyl (C=O) groups is 2. The molecule has 0 heterocycles. The smallest absolute Gasteiger partial charge is 0.416 e. The maximum atomic E-state index is 13.2. The Bertz CT molecular complexity index is 1160. The van der Waals surface area contributed by atoms with E-state index in [2.05, 4.69) is 4.74 Å². The molecule has 1 amide bonds. The van der Waals surface area contributed by atoms with Crippen LogP contribution < -0.4 is 9.64 Å². The number of rotatable bonds is 8. The van der Waals surface area contributed by atoms with Gasteiger partial charge in [-0.1, -0.05) is 48.5 Å². The summed E-state index contributed by atoms with van der Waals surface area (Å²) in [6.45, 7) is 0.198. The number of nitrogens with zero attached hydrogens (tertiary/aromatic N) is 1. The Balaban J connectivity index is 1.92. The fraction of sp³-hybridized carbons (Fsp3) is 0.259. The van der Waals surface area contributed by atoms with Crippen LogP contribution in [-0.2, 0) is 26.9 Å². The van der Waals surface area contributed by atoms with E-state index in [-0.39, 0.29) is 12.2 Å². The number of benzene rings is 3. The van der Waals surface area contributed by atoms with E-state index in [9.17, 15) is 22.8 Å². The van der Waals surface area contributed by atoms with Crippen LogP contribution in [0.5, 0.6) is 5.75 Å². The van der Waals surface area contributed by atoms with Crippen LogP contribution in [0.3, 0.4) is 0 Å². The third-order valence-electron chi connectivity index (χ3n) is 5.54. The molecule has 35 heavy (non-hydrogen) atoms. The second-order valence-corrected chi connectivity index (χ2v) is 7.86. The zero-order valence-corrected chi connectivity index (χ0v) is 19.5. The van der Waals surface area contributed by atoms with Crippen molar-refractivity contribution in [3.8, 4) is 16.9 Å². The largest absolute Gasteiger partial charge is 0.495 e. The zero-order valence-electron chi connectivity index (χ0n) is 19.5.